The van der Waals surface area contributed by atoms with Crippen molar-refractivity contribution in [1.82, 2.24) is 10.2 Å². The van der Waals surface area contributed by atoms with E-state index in [9.17, 15) is 0 Å². The average Bonchev–Trinajstić information content (AvgIpc) is 3.12. The van der Waals surface area contributed by atoms with Gasteiger partial charge in [-0.15, -0.1) is 11.3 Å². The summed E-state index contributed by atoms with van der Waals surface area (Å²) in [7, 11) is 0. The van der Waals surface area contributed by atoms with E-state index >= 15 is 0 Å². The van der Waals surface area contributed by atoms with Crippen LogP contribution in [-0.4, -0.2) is 30.1 Å². The van der Waals surface area contributed by atoms with E-state index in [0.717, 1.165) is 12.1 Å². The fourth-order valence-corrected chi connectivity index (χ4v) is 5.15. The first-order chi connectivity index (χ1) is 9.77. The maximum absolute atomic E-state index is 3.76. The molecular formula is C17H28N2S. The molecule has 2 aliphatic heterocycles. The Balaban J connectivity index is 1.82. The highest BCUT2D eigenvalue weighted by Crippen LogP contribution is 2.37. The monoisotopic (exact) mass is 292 g/mol. The number of thiophene rings is 1. The summed E-state index contributed by atoms with van der Waals surface area (Å²) in [5, 5.41) is 5.99. The number of likely N-dealkylation sites (tertiary alicyclic amines) is 1. The van der Waals surface area contributed by atoms with Gasteiger partial charge < -0.3 is 5.32 Å². The molecule has 1 N–H and O–H groups in total. The van der Waals surface area contributed by atoms with Crippen molar-refractivity contribution in [2.45, 2.75) is 64.1 Å². The normalized spacial score (nSPS) is 29.9. The quantitative estimate of drug-likeness (QED) is 0.900. The highest BCUT2D eigenvalue weighted by atomic mass is 32.1. The molecule has 1 aromatic rings. The Hall–Kier alpha value is -0.380. The lowest BCUT2D eigenvalue weighted by atomic mass is 9.89. The van der Waals surface area contributed by atoms with Crippen molar-refractivity contribution in [1.29, 1.82) is 0 Å². The van der Waals surface area contributed by atoms with E-state index < -0.39 is 0 Å². The van der Waals surface area contributed by atoms with Gasteiger partial charge in [-0.05, 0) is 56.1 Å². The Morgan fingerprint density at radius 2 is 2.15 bits per heavy atom. The van der Waals surface area contributed by atoms with E-state index in [-0.39, 0.29) is 0 Å². The van der Waals surface area contributed by atoms with Crippen molar-refractivity contribution in [2.24, 2.45) is 5.92 Å². The molecule has 2 fully saturated rings. The van der Waals surface area contributed by atoms with E-state index in [1.165, 1.54) is 45.2 Å². The minimum Gasteiger partial charge on any atom is -0.312 e. The lowest BCUT2D eigenvalue weighted by molar-refractivity contribution is 0.0520. The summed E-state index contributed by atoms with van der Waals surface area (Å²) >= 11 is 1.94. The van der Waals surface area contributed by atoms with Gasteiger partial charge in [0.25, 0.3) is 0 Å². The van der Waals surface area contributed by atoms with Crippen molar-refractivity contribution in [2.75, 3.05) is 13.1 Å². The number of nitrogens with one attached hydrogen (secondary N) is 1. The molecule has 2 nitrogen and oxygen atoms in total. The second-order valence-corrected chi connectivity index (χ2v) is 7.69. The Kier molecular flexibility index (Phi) is 4.79. The van der Waals surface area contributed by atoms with Gasteiger partial charge in [0, 0.05) is 23.0 Å². The average molecular weight is 292 g/mol. The molecule has 20 heavy (non-hydrogen) atoms. The topological polar surface area (TPSA) is 15.3 Å². The summed E-state index contributed by atoms with van der Waals surface area (Å²) in [5.41, 5.74) is 0. The molecule has 0 radical (unpaired) electrons. The van der Waals surface area contributed by atoms with Crippen LogP contribution in [0.5, 0.6) is 0 Å². The van der Waals surface area contributed by atoms with Gasteiger partial charge in [0.2, 0.25) is 0 Å². The summed E-state index contributed by atoms with van der Waals surface area (Å²) in [5.74, 6) is 0.690. The third-order valence-electron chi connectivity index (χ3n) is 4.98. The van der Waals surface area contributed by atoms with Crippen LogP contribution in [0.1, 0.15) is 56.9 Å². The van der Waals surface area contributed by atoms with Gasteiger partial charge in [0.15, 0.2) is 0 Å². The van der Waals surface area contributed by atoms with Crippen LogP contribution in [0.15, 0.2) is 17.5 Å². The molecule has 3 unspecified atom stereocenters. The van der Waals surface area contributed by atoms with Crippen LogP contribution in [0.4, 0.5) is 0 Å². The summed E-state index contributed by atoms with van der Waals surface area (Å²) in [6.07, 6.45) is 6.90. The van der Waals surface area contributed by atoms with Crippen molar-refractivity contribution in [3.8, 4) is 0 Å². The maximum Gasteiger partial charge on any atom is 0.0467 e. The molecule has 0 saturated carbocycles. The maximum atomic E-state index is 3.76. The minimum atomic E-state index is 0.614. The zero-order chi connectivity index (χ0) is 13.9. The number of hydrogen-bond donors (Lipinski definition) is 1. The fraction of sp³-hybridized carbons (Fsp3) is 0.765. The SMILES string of the molecule is CC(C)C(c1cccs1)N1CCCCC1C1CCCN1. The van der Waals surface area contributed by atoms with E-state index in [2.05, 4.69) is 41.6 Å². The molecule has 3 heterocycles. The Morgan fingerprint density at radius 1 is 1.25 bits per heavy atom. The van der Waals surface area contributed by atoms with Gasteiger partial charge in [0.05, 0.1) is 0 Å². The van der Waals surface area contributed by atoms with Gasteiger partial charge in [-0.25, -0.2) is 0 Å². The summed E-state index contributed by atoms with van der Waals surface area (Å²) in [4.78, 5) is 4.40. The standard InChI is InChI=1S/C17H28N2S/c1-13(2)17(16-9-6-12-20-16)19-11-4-3-8-15(19)14-7-5-10-18-14/h6,9,12-15,17-18H,3-5,7-8,10-11H2,1-2H3. The minimum absolute atomic E-state index is 0.614. The number of nitrogens with zero attached hydrogens (tertiary/aromatic N) is 1. The van der Waals surface area contributed by atoms with Gasteiger partial charge >= 0.3 is 0 Å². The molecule has 0 aromatic carbocycles. The van der Waals surface area contributed by atoms with Crippen LogP contribution in [0.2, 0.25) is 0 Å². The van der Waals surface area contributed by atoms with Crippen LogP contribution in [0.3, 0.4) is 0 Å². The second-order valence-electron chi connectivity index (χ2n) is 6.71. The van der Waals surface area contributed by atoms with E-state index in [1.807, 2.05) is 11.3 Å². The van der Waals surface area contributed by atoms with E-state index in [0.29, 0.717) is 12.0 Å². The molecule has 0 amide bonds. The molecule has 2 saturated heterocycles. The largest absolute Gasteiger partial charge is 0.312 e. The molecule has 3 atom stereocenters. The van der Waals surface area contributed by atoms with Crippen molar-refractivity contribution in [3.63, 3.8) is 0 Å². The fourth-order valence-electron chi connectivity index (χ4n) is 4.13. The number of rotatable bonds is 4. The van der Waals surface area contributed by atoms with Crippen LogP contribution in [0.25, 0.3) is 0 Å². The highest BCUT2D eigenvalue weighted by Gasteiger charge is 2.37. The van der Waals surface area contributed by atoms with Crippen LogP contribution in [-0.2, 0) is 0 Å². The second kappa shape index (κ2) is 6.59. The van der Waals surface area contributed by atoms with Crippen molar-refractivity contribution >= 4 is 11.3 Å². The van der Waals surface area contributed by atoms with Crippen molar-refractivity contribution in [3.05, 3.63) is 22.4 Å². The molecule has 3 heteroatoms. The van der Waals surface area contributed by atoms with Crippen LogP contribution >= 0.6 is 11.3 Å². The molecule has 0 bridgehead atoms. The summed E-state index contributed by atoms with van der Waals surface area (Å²) in [6, 6.07) is 6.64. The van der Waals surface area contributed by atoms with Crippen molar-refractivity contribution < 1.29 is 0 Å². The molecule has 0 aliphatic carbocycles. The van der Waals surface area contributed by atoms with E-state index in [4.69, 9.17) is 0 Å². The predicted molar refractivity (Wildman–Crippen MR) is 87.3 cm³/mol. The first-order valence-electron chi connectivity index (χ1n) is 8.30. The van der Waals surface area contributed by atoms with Crippen LogP contribution in [0, 0.1) is 5.92 Å². The summed E-state index contributed by atoms with van der Waals surface area (Å²) < 4.78 is 0. The van der Waals surface area contributed by atoms with E-state index in [1.54, 1.807) is 4.88 Å². The third-order valence-corrected chi connectivity index (χ3v) is 5.92. The predicted octanol–water partition coefficient (Wildman–Crippen LogP) is 4.05. The first kappa shape index (κ1) is 14.6. The zero-order valence-electron chi connectivity index (χ0n) is 12.8. The zero-order valence-corrected chi connectivity index (χ0v) is 13.7. The Morgan fingerprint density at radius 3 is 2.80 bits per heavy atom. The molecule has 112 valence electrons. The van der Waals surface area contributed by atoms with Gasteiger partial charge in [-0.2, -0.15) is 0 Å². The molecular weight excluding hydrogens is 264 g/mol. The van der Waals surface area contributed by atoms with Gasteiger partial charge in [0.1, 0.15) is 0 Å². The van der Waals surface area contributed by atoms with Gasteiger partial charge in [-0.1, -0.05) is 26.3 Å². The molecule has 3 rings (SSSR count). The number of hydrogen-bond acceptors (Lipinski definition) is 3. The van der Waals surface area contributed by atoms with Crippen LogP contribution < -0.4 is 5.32 Å². The highest BCUT2D eigenvalue weighted by molar-refractivity contribution is 7.10. The third kappa shape index (κ3) is 2.95. The molecule has 0 spiro atoms. The molecule has 2 aliphatic rings. The Labute approximate surface area is 127 Å². The number of piperidine rings is 1. The Bertz CT molecular complexity index is 395. The first-order valence-corrected chi connectivity index (χ1v) is 9.18. The summed E-state index contributed by atoms with van der Waals surface area (Å²) in [6.45, 7) is 7.28. The molecule has 1 aromatic heterocycles. The lowest BCUT2D eigenvalue weighted by Gasteiger charge is -2.45. The lowest BCUT2D eigenvalue weighted by Crippen LogP contribution is -2.52. The van der Waals surface area contributed by atoms with Gasteiger partial charge in [-0.3, -0.25) is 4.90 Å². The smallest absolute Gasteiger partial charge is 0.0467 e.